The Labute approximate surface area is 116 Å². The van der Waals surface area contributed by atoms with E-state index in [0.717, 1.165) is 12.1 Å². The fourth-order valence-corrected chi connectivity index (χ4v) is 1.89. The highest BCUT2D eigenvalue weighted by Gasteiger charge is 2.17. The quantitative estimate of drug-likeness (QED) is 0.825. The van der Waals surface area contributed by atoms with Crippen molar-refractivity contribution >= 4 is 11.7 Å². The minimum Gasteiger partial charge on any atom is -0.469 e. The van der Waals surface area contributed by atoms with Crippen LogP contribution in [-0.2, 0) is 14.9 Å². The molecule has 3 nitrogen and oxygen atoms in total. The summed E-state index contributed by atoms with van der Waals surface area (Å²) in [4.78, 5) is 11.5. The summed E-state index contributed by atoms with van der Waals surface area (Å²) < 4.78 is 4.78. The van der Waals surface area contributed by atoms with Crippen LogP contribution in [-0.4, -0.2) is 19.6 Å². The first-order valence-electron chi connectivity index (χ1n) is 6.80. The maximum atomic E-state index is 11.5. The topological polar surface area (TPSA) is 38.3 Å². The molecular formula is C16H25NO2. The van der Waals surface area contributed by atoms with E-state index in [1.807, 2.05) is 6.92 Å². The van der Waals surface area contributed by atoms with Gasteiger partial charge < -0.3 is 10.1 Å². The van der Waals surface area contributed by atoms with E-state index >= 15 is 0 Å². The van der Waals surface area contributed by atoms with Gasteiger partial charge in [0, 0.05) is 12.2 Å². The highest BCUT2D eigenvalue weighted by atomic mass is 16.5. The molecule has 0 aromatic heterocycles. The fraction of sp³-hybridized carbons (Fsp3) is 0.562. The van der Waals surface area contributed by atoms with Crippen LogP contribution < -0.4 is 5.32 Å². The van der Waals surface area contributed by atoms with Gasteiger partial charge in [0.2, 0.25) is 0 Å². The van der Waals surface area contributed by atoms with Crippen LogP contribution in [0.15, 0.2) is 24.3 Å². The number of esters is 1. The molecule has 3 heteroatoms. The number of ether oxygens (including phenoxy) is 1. The molecule has 1 aromatic rings. The maximum Gasteiger partial charge on any atom is 0.310 e. The lowest BCUT2D eigenvalue weighted by atomic mass is 9.87. The molecule has 0 heterocycles. The molecule has 1 rings (SSSR count). The van der Waals surface area contributed by atoms with Crippen LogP contribution >= 0.6 is 0 Å². The van der Waals surface area contributed by atoms with Gasteiger partial charge in [0.1, 0.15) is 0 Å². The standard InChI is InChI=1S/C16H25NO2/c1-6-12(15(18)19-5)11-17-14-9-7-13(8-10-14)16(2,3)4/h7-10,12,17H,6,11H2,1-5H3. The lowest BCUT2D eigenvalue weighted by Crippen LogP contribution is -2.23. The summed E-state index contributed by atoms with van der Waals surface area (Å²) in [6.45, 7) is 9.18. The van der Waals surface area contributed by atoms with Gasteiger partial charge in [-0.3, -0.25) is 4.79 Å². The predicted octanol–water partition coefficient (Wildman–Crippen LogP) is 3.60. The average molecular weight is 263 g/mol. The Morgan fingerprint density at radius 2 is 1.84 bits per heavy atom. The van der Waals surface area contributed by atoms with Crippen molar-refractivity contribution < 1.29 is 9.53 Å². The number of carbonyl (C=O) groups is 1. The van der Waals surface area contributed by atoms with E-state index in [2.05, 4.69) is 50.4 Å². The molecule has 1 N–H and O–H groups in total. The van der Waals surface area contributed by atoms with Crippen LogP contribution in [0.1, 0.15) is 39.7 Å². The lowest BCUT2D eigenvalue weighted by molar-refractivity contribution is -0.145. The van der Waals surface area contributed by atoms with Gasteiger partial charge in [-0.1, -0.05) is 39.8 Å². The third-order valence-corrected chi connectivity index (χ3v) is 3.33. The van der Waals surface area contributed by atoms with E-state index in [4.69, 9.17) is 4.74 Å². The van der Waals surface area contributed by atoms with Crippen molar-refractivity contribution in [2.45, 2.75) is 39.5 Å². The molecule has 0 saturated heterocycles. The van der Waals surface area contributed by atoms with Crippen molar-refractivity contribution in [1.82, 2.24) is 0 Å². The highest BCUT2D eigenvalue weighted by Crippen LogP contribution is 2.23. The number of carbonyl (C=O) groups excluding carboxylic acids is 1. The van der Waals surface area contributed by atoms with Crippen LogP contribution in [0.4, 0.5) is 5.69 Å². The molecule has 1 atom stereocenters. The van der Waals surface area contributed by atoms with Crippen LogP contribution in [0.5, 0.6) is 0 Å². The van der Waals surface area contributed by atoms with Crippen LogP contribution in [0.25, 0.3) is 0 Å². The van der Waals surface area contributed by atoms with Crippen molar-refractivity contribution in [1.29, 1.82) is 0 Å². The molecule has 0 spiro atoms. The largest absolute Gasteiger partial charge is 0.469 e. The first-order valence-corrected chi connectivity index (χ1v) is 6.80. The molecule has 1 unspecified atom stereocenters. The second-order valence-corrected chi connectivity index (χ2v) is 5.84. The first-order chi connectivity index (χ1) is 8.88. The minimum absolute atomic E-state index is 0.0905. The molecule has 0 aliphatic carbocycles. The van der Waals surface area contributed by atoms with Crippen molar-refractivity contribution in [3.05, 3.63) is 29.8 Å². The van der Waals surface area contributed by atoms with Crippen molar-refractivity contribution in [2.75, 3.05) is 19.0 Å². The second-order valence-electron chi connectivity index (χ2n) is 5.84. The van der Waals surface area contributed by atoms with Crippen LogP contribution in [0.2, 0.25) is 0 Å². The number of rotatable bonds is 5. The van der Waals surface area contributed by atoms with Crippen molar-refractivity contribution in [2.24, 2.45) is 5.92 Å². The third kappa shape index (κ3) is 4.58. The zero-order valence-electron chi connectivity index (χ0n) is 12.6. The number of nitrogens with one attached hydrogen (secondary N) is 1. The first kappa shape index (κ1) is 15.5. The fourth-order valence-electron chi connectivity index (χ4n) is 1.89. The summed E-state index contributed by atoms with van der Waals surface area (Å²) in [6, 6.07) is 8.37. The molecule has 0 saturated carbocycles. The van der Waals surface area contributed by atoms with Gasteiger partial charge in [-0.2, -0.15) is 0 Å². The van der Waals surface area contributed by atoms with E-state index in [-0.39, 0.29) is 17.3 Å². The minimum atomic E-state index is -0.152. The summed E-state index contributed by atoms with van der Waals surface area (Å²) in [7, 11) is 1.43. The Kier molecular flexibility index (Phi) is 5.40. The number of anilines is 1. The number of hydrogen-bond donors (Lipinski definition) is 1. The van der Waals surface area contributed by atoms with Crippen LogP contribution in [0.3, 0.4) is 0 Å². The second kappa shape index (κ2) is 6.60. The molecule has 0 radical (unpaired) electrons. The van der Waals surface area contributed by atoms with E-state index in [0.29, 0.717) is 6.54 Å². The predicted molar refractivity (Wildman–Crippen MR) is 79.4 cm³/mol. The van der Waals surface area contributed by atoms with Gasteiger partial charge in [0.05, 0.1) is 13.0 Å². The van der Waals surface area contributed by atoms with Gasteiger partial charge in [0.15, 0.2) is 0 Å². The van der Waals surface area contributed by atoms with Gasteiger partial charge in [-0.25, -0.2) is 0 Å². The Morgan fingerprint density at radius 1 is 1.26 bits per heavy atom. The Morgan fingerprint density at radius 3 is 2.26 bits per heavy atom. The summed E-state index contributed by atoms with van der Waals surface area (Å²) in [5, 5.41) is 3.29. The summed E-state index contributed by atoms with van der Waals surface area (Å²) >= 11 is 0. The number of methoxy groups -OCH3 is 1. The van der Waals surface area contributed by atoms with Gasteiger partial charge >= 0.3 is 5.97 Å². The molecule has 0 fully saturated rings. The molecule has 106 valence electrons. The summed E-state index contributed by atoms with van der Waals surface area (Å²) in [6.07, 6.45) is 0.778. The molecule has 0 amide bonds. The Hall–Kier alpha value is -1.51. The Bertz CT molecular complexity index is 404. The zero-order chi connectivity index (χ0) is 14.5. The van der Waals surface area contributed by atoms with Crippen LogP contribution in [0, 0.1) is 5.92 Å². The van der Waals surface area contributed by atoms with E-state index in [1.54, 1.807) is 0 Å². The smallest absolute Gasteiger partial charge is 0.310 e. The number of hydrogen-bond acceptors (Lipinski definition) is 3. The molecule has 0 aliphatic rings. The van der Waals surface area contributed by atoms with E-state index in [9.17, 15) is 4.79 Å². The molecule has 0 bridgehead atoms. The summed E-state index contributed by atoms with van der Waals surface area (Å²) in [5.74, 6) is -0.242. The third-order valence-electron chi connectivity index (χ3n) is 3.33. The SMILES string of the molecule is CCC(CNc1ccc(C(C)(C)C)cc1)C(=O)OC. The molecular weight excluding hydrogens is 238 g/mol. The van der Waals surface area contributed by atoms with Gasteiger partial charge in [0.25, 0.3) is 0 Å². The van der Waals surface area contributed by atoms with E-state index < -0.39 is 0 Å². The monoisotopic (exact) mass is 263 g/mol. The summed E-state index contributed by atoms with van der Waals surface area (Å²) in [5.41, 5.74) is 2.50. The van der Waals surface area contributed by atoms with Gasteiger partial charge in [-0.05, 0) is 29.5 Å². The normalized spacial score (nSPS) is 12.9. The Balaban J connectivity index is 2.61. The number of benzene rings is 1. The average Bonchev–Trinajstić information content (AvgIpc) is 2.38. The molecule has 0 aliphatic heterocycles. The van der Waals surface area contributed by atoms with Gasteiger partial charge in [-0.15, -0.1) is 0 Å². The maximum absolute atomic E-state index is 11.5. The highest BCUT2D eigenvalue weighted by molar-refractivity contribution is 5.73. The molecule has 1 aromatic carbocycles. The molecule has 19 heavy (non-hydrogen) atoms. The zero-order valence-corrected chi connectivity index (χ0v) is 12.6. The van der Waals surface area contributed by atoms with Crippen molar-refractivity contribution in [3.8, 4) is 0 Å². The van der Waals surface area contributed by atoms with E-state index in [1.165, 1.54) is 12.7 Å². The lowest BCUT2D eigenvalue weighted by Gasteiger charge is -2.20. The van der Waals surface area contributed by atoms with Crippen molar-refractivity contribution in [3.63, 3.8) is 0 Å².